The Labute approximate surface area is 447 Å². The number of thiazole rings is 1. The smallest absolute Gasteiger partial charge is 0.417 e. The summed E-state index contributed by atoms with van der Waals surface area (Å²) in [5.74, 6) is -1.34. The Kier molecular flexibility index (Phi) is 16.2. The number of halogens is 3. The number of nitrogens with one attached hydrogen (secondary N) is 3. The van der Waals surface area contributed by atoms with Crippen LogP contribution in [0.15, 0.2) is 72.2 Å². The van der Waals surface area contributed by atoms with E-state index in [0.29, 0.717) is 31.9 Å². The summed E-state index contributed by atoms with van der Waals surface area (Å²) >= 11 is 1.57. The van der Waals surface area contributed by atoms with Crippen LogP contribution in [0.2, 0.25) is 0 Å². The highest BCUT2D eigenvalue weighted by Gasteiger charge is 2.64. The summed E-state index contributed by atoms with van der Waals surface area (Å²) in [5, 5.41) is 29.2. The molecule has 1 aliphatic carbocycles. The number of nitriles is 1. The topological polar surface area (TPSA) is 189 Å². The lowest BCUT2D eigenvalue weighted by atomic mass is 9.49. The number of carbonyl (C=O) groups is 4. The number of hydrogen-bond acceptors (Lipinski definition) is 12. The van der Waals surface area contributed by atoms with E-state index in [9.17, 15) is 42.7 Å². The highest BCUT2D eigenvalue weighted by Crippen LogP contribution is 2.56. The molecule has 8 rings (SSSR count). The Morgan fingerprint density at radius 1 is 0.934 bits per heavy atom. The van der Waals surface area contributed by atoms with Crippen LogP contribution in [0.1, 0.15) is 106 Å². The molecule has 3 saturated heterocycles. The Balaban J connectivity index is 0.800. The maximum Gasteiger partial charge on any atom is 0.417 e. The van der Waals surface area contributed by atoms with Crippen LogP contribution in [-0.4, -0.2) is 138 Å². The molecule has 0 spiro atoms. The van der Waals surface area contributed by atoms with E-state index >= 15 is 0 Å². The maximum atomic E-state index is 14.3. The molecular formula is C57H71F3N8O7S. The minimum atomic E-state index is -4.72. The second kappa shape index (κ2) is 21.8. The zero-order valence-electron chi connectivity index (χ0n) is 44.8. The second-order valence-corrected chi connectivity index (χ2v) is 24.5. The molecule has 0 radical (unpaired) electrons. The van der Waals surface area contributed by atoms with Crippen LogP contribution in [0.4, 0.5) is 13.2 Å². The number of benzene rings is 3. The first kappa shape index (κ1) is 56.3. The lowest BCUT2D eigenvalue weighted by Gasteiger charge is -2.63. The molecule has 1 saturated carbocycles. The number of carbonyl (C=O) groups excluding carboxylic acids is 4. The predicted molar refractivity (Wildman–Crippen MR) is 282 cm³/mol. The molecule has 4 amide bonds. The van der Waals surface area contributed by atoms with E-state index in [1.54, 1.807) is 29.5 Å². The van der Waals surface area contributed by atoms with Gasteiger partial charge in [-0.3, -0.25) is 24.1 Å². The second-order valence-electron chi connectivity index (χ2n) is 23.7. The molecule has 0 bridgehead atoms. The average Bonchev–Trinajstić information content (AvgIpc) is 3.98. The van der Waals surface area contributed by atoms with Crippen LogP contribution in [0.3, 0.4) is 0 Å². The van der Waals surface area contributed by atoms with Crippen molar-refractivity contribution in [3.8, 4) is 22.3 Å². The summed E-state index contributed by atoms with van der Waals surface area (Å²) in [6.07, 6.45) is -5.30. The molecule has 4 fully saturated rings. The van der Waals surface area contributed by atoms with Gasteiger partial charge in [-0.25, -0.2) is 4.98 Å². The van der Waals surface area contributed by atoms with Crippen LogP contribution >= 0.6 is 11.3 Å². The number of aromatic nitrogens is 1. The van der Waals surface area contributed by atoms with Gasteiger partial charge in [0.05, 0.1) is 65.2 Å². The van der Waals surface area contributed by atoms with Gasteiger partial charge in [0, 0.05) is 73.5 Å². The quantitative estimate of drug-likeness (QED) is 0.0891. The standard InChI is InChI=1S/C57H71F3N8O7S/c1-34(37-14-16-38(17-15-37)46-35(2)62-33-76-46)63-49(72)44-24-41(69)28-68(44)50(73)47(53(3,4)5)64-45(70)29-66-20-22-67(23-21-66)30-56(31-74-32-56)26-36-10-12-39(13-11-36)48(71)65-51-54(6,7)52(55(51,8)9)75-42-19-18-40(27-61)43(25-42)57(58,59)60/h10-19,25,33-34,41,44,47,51-52,69H,20-24,26,28-32H2,1-9H3,(H,63,72)(H,64,70)(H,65,71)/t34?,41-,44+,47-,51?,52?/m1/s1. The number of alkyl halides is 3. The third-order valence-corrected chi connectivity index (χ3v) is 16.8. The Hall–Kier alpha value is -5.91. The SMILES string of the molecule is Cc1ncsc1-c1ccc(C(C)NC(=O)[C@@H]2C[C@@H](O)CN2C(=O)[C@@H](NC(=O)CN2CCN(CC3(Cc4ccc(C(=O)NC5C(C)(C)C(Oc6ccc(C#N)c(C(F)(F)F)c6)C5(C)C)cc4)COC3)CC2)C(C)(C)C)cc1. The number of hydrogen-bond donors (Lipinski definition) is 4. The van der Waals surface area contributed by atoms with Crippen LogP contribution in [0, 0.1) is 39.9 Å². The number of ether oxygens (including phenoxy) is 2. The first-order valence-electron chi connectivity index (χ1n) is 26.0. The molecule has 76 heavy (non-hydrogen) atoms. The molecule has 1 aromatic heterocycles. The van der Waals surface area contributed by atoms with Crippen molar-refractivity contribution in [3.63, 3.8) is 0 Å². The molecule has 4 aromatic rings. The van der Waals surface area contributed by atoms with Gasteiger partial charge < -0.3 is 40.3 Å². The number of aliphatic hydroxyl groups is 1. The number of likely N-dealkylation sites (tertiary alicyclic amines) is 1. The van der Waals surface area contributed by atoms with Crippen molar-refractivity contribution < 1.29 is 46.9 Å². The molecule has 4 N–H and O–H groups in total. The van der Waals surface area contributed by atoms with Gasteiger partial charge in [-0.1, -0.05) is 84.9 Å². The zero-order valence-corrected chi connectivity index (χ0v) is 45.7. The van der Waals surface area contributed by atoms with Crippen LogP contribution in [0.25, 0.3) is 10.4 Å². The van der Waals surface area contributed by atoms with E-state index in [1.807, 2.05) is 104 Å². The third kappa shape index (κ3) is 12.1. The van der Waals surface area contributed by atoms with Gasteiger partial charge in [0.15, 0.2) is 0 Å². The van der Waals surface area contributed by atoms with Crippen LogP contribution < -0.4 is 20.7 Å². The Morgan fingerprint density at radius 2 is 1.58 bits per heavy atom. The van der Waals surface area contributed by atoms with Gasteiger partial charge in [-0.05, 0) is 72.7 Å². The number of amides is 4. The monoisotopic (exact) mass is 1070 g/mol. The number of β-amino-alcohol motifs (C(OH)–C–C–N with tert-alkyl or cyclic N) is 1. The molecule has 408 valence electrons. The average molecular weight is 1070 g/mol. The lowest BCUT2D eigenvalue weighted by Crippen LogP contribution is -2.74. The van der Waals surface area contributed by atoms with Gasteiger partial charge in [0.1, 0.15) is 23.9 Å². The number of nitrogens with zero attached hydrogens (tertiary/aromatic N) is 5. The third-order valence-electron chi connectivity index (χ3n) is 15.8. The van der Waals surface area contributed by atoms with E-state index in [2.05, 4.69) is 30.7 Å². The van der Waals surface area contributed by atoms with E-state index in [4.69, 9.17) is 9.47 Å². The van der Waals surface area contributed by atoms with Gasteiger partial charge >= 0.3 is 6.18 Å². The highest BCUT2D eigenvalue weighted by atomic mass is 32.1. The molecule has 15 nitrogen and oxygen atoms in total. The molecule has 19 heteroatoms. The van der Waals surface area contributed by atoms with E-state index in [0.717, 1.165) is 65.4 Å². The number of aryl methyl sites for hydroxylation is 1. The van der Waals surface area contributed by atoms with Crippen molar-refractivity contribution in [2.75, 3.05) is 59.0 Å². The molecule has 4 heterocycles. The first-order chi connectivity index (χ1) is 35.7. The van der Waals surface area contributed by atoms with Crippen molar-refractivity contribution in [3.05, 3.63) is 106 Å². The highest BCUT2D eigenvalue weighted by molar-refractivity contribution is 7.13. The largest absolute Gasteiger partial charge is 0.489 e. The van der Waals surface area contributed by atoms with Crippen molar-refractivity contribution in [2.24, 2.45) is 21.7 Å². The maximum absolute atomic E-state index is 14.3. The summed E-state index contributed by atoms with van der Waals surface area (Å²) in [4.78, 5) is 66.8. The summed E-state index contributed by atoms with van der Waals surface area (Å²) in [5.41, 5.74) is 2.61. The van der Waals surface area contributed by atoms with E-state index in [-0.39, 0.29) is 60.5 Å². The fraction of sp³-hybridized carbons (Fsp3) is 0.544. The van der Waals surface area contributed by atoms with Gasteiger partial charge in [0.25, 0.3) is 5.91 Å². The summed E-state index contributed by atoms with van der Waals surface area (Å²) in [7, 11) is 0. The summed E-state index contributed by atoms with van der Waals surface area (Å²) in [6, 6.07) is 17.8. The van der Waals surface area contributed by atoms with Crippen molar-refractivity contribution in [1.29, 1.82) is 5.26 Å². The van der Waals surface area contributed by atoms with Crippen molar-refractivity contribution in [2.45, 2.75) is 118 Å². The lowest BCUT2D eigenvalue weighted by molar-refractivity contribution is -0.164. The van der Waals surface area contributed by atoms with E-state index in [1.165, 1.54) is 11.0 Å². The number of piperazine rings is 1. The fourth-order valence-electron chi connectivity index (χ4n) is 11.9. The minimum Gasteiger partial charge on any atom is -0.489 e. The zero-order chi connectivity index (χ0) is 55.1. The normalized spacial score (nSPS) is 23.0. The fourth-order valence-corrected chi connectivity index (χ4v) is 12.7. The van der Waals surface area contributed by atoms with Crippen LogP contribution in [0.5, 0.6) is 5.75 Å². The Morgan fingerprint density at radius 3 is 2.14 bits per heavy atom. The van der Waals surface area contributed by atoms with Crippen molar-refractivity contribution in [1.82, 2.24) is 35.6 Å². The predicted octanol–water partition coefficient (Wildman–Crippen LogP) is 7.17. The Bertz CT molecular complexity index is 2800. The molecule has 4 atom stereocenters. The summed E-state index contributed by atoms with van der Waals surface area (Å²) < 4.78 is 53.0. The molecular weight excluding hydrogens is 998 g/mol. The number of rotatable bonds is 16. The minimum absolute atomic E-state index is 0.00301. The van der Waals surface area contributed by atoms with Crippen LogP contribution in [-0.2, 0) is 31.7 Å². The van der Waals surface area contributed by atoms with Crippen molar-refractivity contribution >= 4 is 35.0 Å². The van der Waals surface area contributed by atoms with E-state index < -0.39 is 63.7 Å². The summed E-state index contributed by atoms with van der Waals surface area (Å²) in [6.45, 7) is 21.9. The first-order valence-corrected chi connectivity index (χ1v) is 26.9. The van der Waals surface area contributed by atoms with Gasteiger partial charge in [0.2, 0.25) is 17.7 Å². The molecule has 1 unspecified atom stereocenters. The molecule has 3 aromatic carbocycles. The number of aliphatic hydroxyl groups excluding tert-OH is 1. The molecule has 4 aliphatic rings. The van der Waals surface area contributed by atoms with Gasteiger partial charge in [-0.15, -0.1) is 11.3 Å². The molecule has 3 aliphatic heterocycles. The van der Waals surface area contributed by atoms with Gasteiger partial charge in [-0.2, -0.15) is 18.4 Å².